The minimum atomic E-state index is 0.00703. The molecule has 2 aliphatic heterocycles. The normalized spacial score (nSPS) is 25.7. The Bertz CT molecular complexity index is 467. The minimum absolute atomic E-state index is 0.00703. The van der Waals surface area contributed by atoms with Gasteiger partial charge in [-0.05, 0) is 45.7 Å². The second kappa shape index (κ2) is 7.22. The number of piperidine rings is 1. The quantitative estimate of drug-likeness (QED) is 0.853. The molecule has 122 valence electrons. The molecule has 0 saturated carbocycles. The van der Waals surface area contributed by atoms with Gasteiger partial charge in [0.2, 0.25) is 5.91 Å². The average Bonchev–Trinajstić information content (AvgIpc) is 2.96. The molecule has 2 aliphatic rings. The summed E-state index contributed by atoms with van der Waals surface area (Å²) in [7, 11) is 0. The summed E-state index contributed by atoms with van der Waals surface area (Å²) >= 11 is 0. The standard InChI is InChI=1S/C16H27N5O/c1-14(19-8-4-2-3-5-9-19)16(22)20-10-6-7-15(11-20)21-13-17-12-18-21/h12-15H,2-11H2,1H3. The van der Waals surface area contributed by atoms with Gasteiger partial charge in [0.25, 0.3) is 0 Å². The Balaban J connectivity index is 1.60. The number of hydrogen-bond acceptors (Lipinski definition) is 4. The monoisotopic (exact) mass is 305 g/mol. The second-order valence-corrected chi connectivity index (χ2v) is 6.58. The fourth-order valence-corrected chi connectivity index (χ4v) is 3.68. The number of hydrogen-bond donors (Lipinski definition) is 0. The van der Waals surface area contributed by atoms with E-state index in [-0.39, 0.29) is 18.0 Å². The summed E-state index contributed by atoms with van der Waals surface area (Å²) in [6, 6.07) is 0.282. The molecule has 22 heavy (non-hydrogen) atoms. The second-order valence-electron chi connectivity index (χ2n) is 6.58. The number of carbonyl (C=O) groups is 1. The summed E-state index contributed by atoms with van der Waals surface area (Å²) in [5.41, 5.74) is 0. The van der Waals surface area contributed by atoms with Gasteiger partial charge in [-0.1, -0.05) is 12.8 Å². The van der Waals surface area contributed by atoms with E-state index in [2.05, 4.69) is 21.9 Å². The predicted molar refractivity (Wildman–Crippen MR) is 84.4 cm³/mol. The van der Waals surface area contributed by atoms with Crippen LogP contribution < -0.4 is 0 Å². The van der Waals surface area contributed by atoms with E-state index >= 15 is 0 Å². The maximum Gasteiger partial charge on any atom is 0.239 e. The minimum Gasteiger partial charge on any atom is -0.339 e. The van der Waals surface area contributed by atoms with Gasteiger partial charge in [0.15, 0.2) is 0 Å². The van der Waals surface area contributed by atoms with Crippen LogP contribution in [0.5, 0.6) is 0 Å². The lowest BCUT2D eigenvalue weighted by molar-refractivity contribution is -0.138. The van der Waals surface area contributed by atoms with Crippen molar-refractivity contribution in [3.05, 3.63) is 12.7 Å². The van der Waals surface area contributed by atoms with Crippen LogP contribution in [0, 0.1) is 0 Å². The van der Waals surface area contributed by atoms with Crippen molar-refractivity contribution in [1.82, 2.24) is 24.6 Å². The molecule has 2 saturated heterocycles. The highest BCUT2D eigenvalue weighted by molar-refractivity contribution is 5.81. The van der Waals surface area contributed by atoms with Crippen LogP contribution in [-0.4, -0.2) is 62.7 Å². The van der Waals surface area contributed by atoms with Gasteiger partial charge in [-0.25, -0.2) is 9.67 Å². The number of rotatable bonds is 3. The van der Waals surface area contributed by atoms with E-state index < -0.39 is 0 Å². The van der Waals surface area contributed by atoms with Gasteiger partial charge >= 0.3 is 0 Å². The Morgan fingerprint density at radius 3 is 2.59 bits per heavy atom. The first-order valence-corrected chi connectivity index (χ1v) is 8.62. The molecule has 0 aliphatic carbocycles. The van der Waals surface area contributed by atoms with Crippen LogP contribution in [-0.2, 0) is 4.79 Å². The van der Waals surface area contributed by atoms with Crippen LogP contribution in [0.1, 0.15) is 51.5 Å². The van der Waals surface area contributed by atoms with Crippen molar-refractivity contribution in [3.8, 4) is 0 Å². The maximum atomic E-state index is 12.9. The molecule has 3 heterocycles. The van der Waals surface area contributed by atoms with Crippen molar-refractivity contribution in [1.29, 1.82) is 0 Å². The Hall–Kier alpha value is -1.43. The predicted octanol–water partition coefficient (Wildman–Crippen LogP) is 1.71. The zero-order valence-electron chi connectivity index (χ0n) is 13.5. The molecule has 1 aromatic rings. The highest BCUT2D eigenvalue weighted by Crippen LogP contribution is 2.22. The van der Waals surface area contributed by atoms with Gasteiger partial charge in [-0.15, -0.1) is 0 Å². The molecule has 2 atom stereocenters. The highest BCUT2D eigenvalue weighted by Gasteiger charge is 2.30. The summed E-state index contributed by atoms with van der Waals surface area (Å²) in [4.78, 5) is 21.3. The molecule has 0 radical (unpaired) electrons. The van der Waals surface area contributed by atoms with Crippen molar-refractivity contribution in [2.75, 3.05) is 26.2 Å². The largest absolute Gasteiger partial charge is 0.339 e. The summed E-state index contributed by atoms with van der Waals surface area (Å²) in [5.74, 6) is 0.284. The van der Waals surface area contributed by atoms with Crippen molar-refractivity contribution in [3.63, 3.8) is 0 Å². The van der Waals surface area contributed by atoms with E-state index in [0.717, 1.165) is 39.0 Å². The van der Waals surface area contributed by atoms with E-state index in [4.69, 9.17) is 0 Å². The Kier molecular flexibility index (Phi) is 5.08. The first-order chi connectivity index (χ1) is 10.8. The highest BCUT2D eigenvalue weighted by atomic mass is 16.2. The molecular formula is C16H27N5O. The molecule has 0 N–H and O–H groups in total. The number of amides is 1. The smallest absolute Gasteiger partial charge is 0.239 e. The van der Waals surface area contributed by atoms with Gasteiger partial charge in [-0.3, -0.25) is 9.69 Å². The molecular weight excluding hydrogens is 278 g/mol. The van der Waals surface area contributed by atoms with Gasteiger partial charge in [0, 0.05) is 13.1 Å². The number of carbonyl (C=O) groups excluding carboxylic acids is 1. The average molecular weight is 305 g/mol. The van der Waals surface area contributed by atoms with Gasteiger partial charge in [-0.2, -0.15) is 5.10 Å². The topological polar surface area (TPSA) is 54.3 Å². The zero-order chi connectivity index (χ0) is 15.4. The van der Waals surface area contributed by atoms with E-state index in [1.54, 1.807) is 12.7 Å². The molecule has 3 rings (SSSR count). The van der Waals surface area contributed by atoms with Crippen LogP contribution in [0.3, 0.4) is 0 Å². The fourth-order valence-electron chi connectivity index (χ4n) is 3.68. The van der Waals surface area contributed by atoms with Gasteiger partial charge in [0.05, 0.1) is 12.1 Å². The molecule has 2 fully saturated rings. The number of nitrogens with zero attached hydrogens (tertiary/aromatic N) is 5. The van der Waals surface area contributed by atoms with Crippen LogP contribution in [0.25, 0.3) is 0 Å². The van der Waals surface area contributed by atoms with Crippen LogP contribution in [0.4, 0.5) is 0 Å². The maximum absolute atomic E-state index is 12.9. The summed E-state index contributed by atoms with van der Waals surface area (Å²) in [6.45, 7) is 5.84. The Labute approximate surface area is 132 Å². The summed E-state index contributed by atoms with van der Waals surface area (Å²) in [5, 5.41) is 4.24. The van der Waals surface area contributed by atoms with Crippen molar-refractivity contribution < 1.29 is 4.79 Å². The number of aromatic nitrogens is 3. The first-order valence-electron chi connectivity index (χ1n) is 8.62. The van der Waals surface area contributed by atoms with Crippen molar-refractivity contribution in [2.45, 2.75) is 57.5 Å². The number of likely N-dealkylation sites (tertiary alicyclic amines) is 2. The summed E-state index contributed by atoms with van der Waals surface area (Å²) < 4.78 is 1.90. The molecule has 6 nitrogen and oxygen atoms in total. The molecule has 0 bridgehead atoms. The van der Waals surface area contributed by atoms with E-state index in [9.17, 15) is 4.79 Å². The zero-order valence-corrected chi connectivity index (χ0v) is 13.5. The lowest BCUT2D eigenvalue weighted by Gasteiger charge is -2.37. The SMILES string of the molecule is CC(C(=O)N1CCCC(n2cncn2)C1)N1CCCCCC1. The van der Waals surface area contributed by atoms with Crippen molar-refractivity contribution in [2.24, 2.45) is 0 Å². The third-order valence-electron chi connectivity index (χ3n) is 5.06. The van der Waals surface area contributed by atoms with Crippen LogP contribution in [0.15, 0.2) is 12.7 Å². The van der Waals surface area contributed by atoms with Gasteiger partial charge in [0.1, 0.15) is 12.7 Å². The molecule has 1 amide bonds. The van der Waals surface area contributed by atoms with Gasteiger partial charge < -0.3 is 4.90 Å². The molecule has 0 aromatic carbocycles. The third kappa shape index (κ3) is 3.48. The molecule has 6 heteroatoms. The van der Waals surface area contributed by atoms with E-state index in [1.807, 2.05) is 9.58 Å². The molecule has 0 spiro atoms. The molecule has 1 aromatic heterocycles. The van der Waals surface area contributed by atoms with E-state index in [0.29, 0.717) is 0 Å². The lowest BCUT2D eigenvalue weighted by Crippen LogP contribution is -2.50. The third-order valence-corrected chi connectivity index (χ3v) is 5.06. The molecule has 2 unspecified atom stereocenters. The van der Waals surface area contributed by atoms with Crippen molar-refractivity contribution >= 4 is 5.91 Å². The van der Waals surface area contributed by atoms with Crippen LogP contribution in [0.2, 0.25) is 0 Å². The summed E-state index contributed by atoms with van der Waals surface area (Å²) in [6.07, 6.45) is 10.5. The Morgan fingerprint density at radius 1 is 1.14 bits per heavy atom. The fraction of sp³-hybridized carbons (Fsp3) is 0.812. The Morgan fingerprint density at radius 2 is 1.91 bits per heavy atom. The lowest BCUT2D eigenvalue weighted by atomic mass is 10.0. The van der Waals surface area contributed by atoms with E-state index in [1.165, 1.54) is 25.7 Å². The first kappa shape index (κ1) is 15.5. The van der Waals surface area contributed by atoms with Crippen LogP contribution >= 0.6 is 0 Å².